The van der Waals surface area contributed by atoms with Crippen molar-refractivity contribution >= 4 is 12.4 Å². The molecular weight excluding hydrogens is 322 g/mol. The number of piperidine rings is 1. The second-order valence-electron chi connectivity index (χ2n) is 8.40. The Labute approximate surface area is 153 Å². The fourth-order valence-corrected chi connectivity index (χ4v) is 3.54. The third-order valence-corrected chi connectivity index (χ3v) is 4.58. The van der Waals surface area contributed by atoms with Gasteiger partial charge in [-0.1, -0.05) is 46.8 Å². The number of rotatable bonds is 5. The number of ether oxygens (including phenoxy) is 1. The van der Waals surface area contributed by atoms with Crippen molar-refractivity contribution in [1.29, 1.82) is 0 Å². The van der Waals surface area contributed by atoms with E-state index in [1.165, 1.54) is 12.0 Å². The van der Waals surface area contributed by atoms with Crippen molar-refractivity contribution in [2.24, 2.45) is 11.8 Å². The molecule has 138 valence electrons. The summed E-state index contributed by atoms with van der Waals surface area (Å²) in [5.41, 5.74) is 1.45. The van der Waals surface area contributed by atoms with Crippen molar-refractivity contribution in [2.75, 3.05) is 26.2 Å². The molecule has 1 aromatic rings. The van der Waals surface area contributed by atoms with Crippen molar-refractivity contribution in [3.63, 3.8) is 0 Å². The topological polar surface area (TPSA) is 32.7 Å². The molecule has 0 radical (unpaired) electrons. The Morgan fingerprint density at radius 3 is 2.17 bits per heavy atom. The Hall–Kier alpha value is -0.770. The summed E-state index contributed by atoms with van der Waals surface area (Å²) in [6.07, 6.45) is 0.859. The maximum atomic E-state index is 10.3. The van der Waals surface area contributed by atoms with Crippen LogP contribution in [-0.4, -0.2) is 42.4 Å². The van der Waals surface area contributed by atoms with Gasteiger partial charge in [0, 0.05) is 19.6 Å². The highest BCUT2D eigenvalue weighted by atomic mass is 35.5. The number of nitrogens with zero attached hydrogens (tertiary/aromatic N) is 1. The van der Waals surface area contributed by atoms with Crippen molar-refractivity contribution in [3.05, 3.63) is 29.8 Å². The Morgan fingerprint density at radius 2 is 1.67 bits per heavy atom. The zero-order valence-corrected chi connectivity index (χ0v) is 16.6. The van der Waals surface area contributed by atoms with Gasteiger partial charge in [-0.2, -0.15) is 0 Å². The first-order valence-corrected chi connectivity index (χ1v) is 8.88. The minimum atomic E-state index is -0.435. The number of halogens is 1. The number of aliphatic hydroxyl groups is 1. The molecule has 1 aromatic carbocycles. The van der Waals surface area contributed by atoms with Gasteiger partial charge in [-0.25, -0.2) is 0 Å². The molecule has 0 aromatic heterocycles. The molecule has 3 nitrogen and oxygen atoms in total. The third-order valence-electron chi connectivity index (χ3n) is 4.58. The van der Waals surface area contributed by atoms with E-state index in [0.717, 1.165) is 30.7 Å². The number of hydrogen-bond acceptors (Lipinski definition) is 3. The van der Waals surface area contributed by atoms with Gasteiger partial charge in [0.15, 0.2) is 0 Å². The highest BCUT2D eigenvalue weighted by Crippen LogP contribution is 2.24. The number of likely N-dealkylation sites (tertiary alicyclic amines) is 1. The van der Waals surface area contributed by atoms with E-state index in [1.54, 1.807) is 0 Å². The van der Waals surface area contributed by atoms with Gasteiger partial charge in [-0.15, -0.1) is 12.4 Å². The molecule has 3 unspecified atom stereocenters. The molecule has 1 fully saturated rings. The van der Waals surface area contributed by atoms with Crippen LogP contribution < -0.4 is 4.74 Å². The monoisotopic (exact) mass is 355 g/mol. The molecule has 2 rings (SSSR count). The average molecular weight is 356 g/mol. The van der Waals surface area contributed by atoms with Crippen molar-refractivity contribution in [3.8, 4) is 5.75 Å². The molecule has 0 bridgehead atoms. The van der Waals surface area contributed by atoms with Crippen LogP contribution in [0.25, 0.3) is 0 Å². The summed E-state index contributed by atoms with van der Waals surface area (Å²) >= 11 is 0. The first kappa shape index (κ1) is 21.3. The van der Waals surface area contributed by atoms with Gasteiger partial charge in [0.05, 0.1) is 0 Å². The molecular formula is C20H34ClNO2. The maximum Gasteiger partial charge on any atom is 0.119 e. The normalized spacial score (nSPS) is 23.4. The molecule has 0 spiro atoms. The van der Waals surface area contributed by atoms with E-state index in [4.69, 9.17) is 4.74 Å². The van der Waals surface area contributed by atoms with Crippen molar-refractivity contribution in [1.82, 2.24) is 4.90 Å². The number of benzene rings is 1. The first-order chi connectivity index (χ1) is 10.7. The lowest BCUT2D eigenvalue weighted by molar-refractivity contribution is 0.0429. The molecule has 3 atom stereocenters. The lowest BCUT2D eigenvalue weighted by Crippen LogP contribution is -2.44. The third kappa shape index (κ3) is 6.62. The van der Waals surface area contributed by atoms with Crippen LogP contribution in [0, 0.1) is 11.8 Å². The summed E-state index contributed by atoms with van der Waals surface area (Å²) < 4.78 is 5.75. The van der Waals surface area contributed by atoms with Crippen LogP contribution in [0.3, 0.4) is 0 Å². The molecule has 24 heavy (non-hydrogen) atoms. The second-order valence-corrected chi connectivity index (χ2v) is 8.40. The summed E-state index contributed by atoms with van der Waals surface area (Å²) in [7, 11) is 0. The highest BCUT2D eigenvalue weighted by Gasteiger charge is 2.23. The van der Waals surface area contributed by atoms with Gasteiger partial charge >= 0.3 is 0 Å². The molecule has 0 aliphatic carbocycles. The van der Waals surface area contributed by atoms with Crippen LogP contribution in [0.4, 0.5) is 0 Å². The molecule has 4 heteroatoms. The van der Waals surface area contributed by atoms with Crippen LogP contribution in [0.5, 0.6) is 5.75 Å². The van der Waals surface area contributed by atoms with Gasteiger partial charge in [0.2, 0.25) is 0 Å². The molecule has 1 heterocycles. The van der Waals surface area contributed by atoms with Crippen molar-refractivity contribution < 1.29 is 9.84 Å². The summed E-state index contributed by atoms with van der Waals surface area (Å²) in [6.45, 7) is 14.4. The molecule has 0 amide bonds. The second kappa shape index (κ2) is 9.07. The van der Waals surface area contributed by atoms with Gasteiger partial charge < -0.3 is 14.7 Å². The predicted octanol–water partition coefficient (Wildman–Crippen LogP) is 4.12. The standard InChI is InChI=1S/C20H33NO2.ClH/c1-15-10-16(2)12-21(11-15)13-18(22)14-23-19-8-6-17(7-9-19)20(3,4)5;/h6-9,15-16,18,22H,10-14H2,1-5H3;1H. The van der Waals surface area contributed by atoms with Gasteiger partial charge in [-0.05, 0) is 41.4 Å². The fourth-order valence-electron chi connectivity index (χ4n) is 3.54. The van der Waals surface area contributed by atoms with E-state index in [2.05, 4.69) is 51.7 Å². The molecule has 1 saturated heterocycles. The number of β-amino-alcohol motifs (C(OH)–C–C–N with tert-alkyl or cyclic N) is 1. The highest BCUT2D eigenvalue weighted by molar-refractivity contribution is 5.85. The fraction of sp³-hybridized carbons (Fsp3) is 0.700. The SMILES string of the molecule is CC1CC(C)CN(CC(O)COc2ccc(C(C)(C)C)cc2)C1.Cl. The molecule has 1 N–H and O–H groups in total. The Bertz CT molecular complexity index is 473. The lowest BCUT2D eigenvalue weighted by Gasteiger charge is -2.35. The minimum absolute atomic E-state index is 0. The van der Waals surface area contributed by atoms with E-state index in [1.807, 2.05) is 12.1 Å². The summed E-state index contributed by atoms with van der Waals surface area (Å²) in [5, 5.41) is 10.3. The smallest absolute Gasteiger partial charge is 0.119 e. The van der Waals surface area contributed by atoms with Crippen LogP contribution in [0.1, 0.15) is 46.6 Å². The van der Waals surface area contributed by atoms with E-state index in [0.29, 0.717) is 13.2 Å². The summed E-state index contributed by atoms with van der Waals surface area (Å²) in [4.78, 5) is 2.37. The Morgan fingerprint density at radius 1 is 1.12 bits per heavy atom. The Balaban J connectivity index is 0.00000288. The number of hydrogen-bond donors (Lipinski definition) is 1. The van der Waals surface area contributed by atoms with Gasteiger partial charge in [0.1, 0.15) is 18.5 Å². The van der Waals surface area contributed by atoms with Crippen LogP contribution in [0.2, 0.25) is 0 Å². The molecule has 1 aliphatic heterocycles. The Kier molecular flexibility index (Phi) is 8.04. The number of aliphatic hydroxyl groups excluding tert-OH is 1. The van der Waals surface area contributed by atoms with E-state index < -0.39 is 6.10 Å². The van der Waals surface area contributed by atoms with Crippen LogP contribution >= 0.6 is 12.4 Å². The minimum Gasteiger partial charge on any atom is -0.491 e. The largest absolute Gasteiger partial charge is 0.491 e. The van der Waals surface area contributed by atoms with Gasteiger partial charge in [0.25, 0.3) is 0 Å². The molecule has 0 saturated carbocycles. The van der Waals surface area contributed by atoms with E-state index in [-0.39, 0.29) is 17.8 Å². The quantitative estimate of drug-likeness (QED) is 0.862. The maximum absolute atomic E-state index is 10.3. The zero-order valence-electron chi connectivity index (χ0n) is 15.8. The van der Waals surface area contributed by atoms with E-state index >= 15 is 0 Å². The average Bonchev–Trinajstić information content (AvgIpc) is 2.43. The summed E-state index contributed by atoms with van der Waals surface area (Å²) in [5.74, 6) is 2.27. The van der Waals surface area contributed by atoms with E-state index in [9.17, 15) is 5.11 Å². The zero-order chi connectivity index (χ0) is 17.0. The van der Waals surface area contributed by atoms with Gasteiger partial charge in [-0.3, -0.25) is 0 Å². The summed E-state index contributed by atoms with van der Waals surface area (Å²) in [6, 6.07) is 8.21. The van der Waals surface area contributed by atoms with Crippen LogP contribution in [-0.2, 0) is 5.41 Å². The first-order valence-electron chi connectivity index (χ1n) is 8.88. The predicted molar refractivity (Wildman–Crippen MR) is 103 cm³/mol. The van der Waals surface area contributed by atoms with Crippen LogP contribution in [0.15, 0.2) is 24.3 Å². The lowest BCUT2D eigenvalue weighted by atomic mass is 9.87. The van der Waals surface area contributed by atoms with Crippen molar-refractivity contribution in [2.45, 2.75) is 52.6 Å². The molecule has 1 aliphatic rings.